The molecule has 3 rings (SSSR count). The zero-order valence-corrected chi connectivity index (χ0v) is 26.2. The standard InChI is InChI=1S/C32H47NO5Si/c1-30(2,3)37-28(34)22-24-20-21-25(33(24)29(35)38-31(4,5)6)23-36-39(32(7,8)9,26-16-12-10-13-17-26)27-18-14-11-15-19-27/h10-19,24-25H,20-23H2,1-9H3/t24-,25-/m1/s1. The maximum absolute atomic E-state index is 13.5. The highest BCUT2D eigenvalue weighted by atomic mass is 28.4. The van der Waals surface area contributed by atoms with Crippen LogP contribution in [0.4, 0.5) is 4.79 Å². The second-order valence-electron chi connectivity index (χ2n) is 13.5. The maximum Gasteiger partial charge on any atom is 0.410 e. The van der Waals surface area contributed by atoms with E-state index in [0.717, 1.165) is 6.42 Å². The van der Waals surface area contributed by atoms with Gasteiger partial charge in [-0.2, -0.15) is 0 Å². The lowest BCUT2D eigenvalue weighted by Crippen LogP contribution is -2.67. The average Bonchev–Trinajstić information content (AvgIpc) is 3.20. The second-order valence-corrected chi connectivity index (χ2v) is 17.8. The van der Waals surface area contributed by atoms with E-state index in [1.807, 2.05) is 53.7 Å². The first kappa shape index (κ1) is 30.9. The summed E-state index contributed by atoms with van der Waals surface area (Å²) < 4.78 is 18.6. The van der Waals surface area contributed by atoms with Gasteiger partial charge in [0.05, 0.1) is 19.1 Å². The Morgan fingerprint density at radius 1 is 0.744 bits per heavy atom. The Morgan fingerprint density at radius 2 is 1.21 bits per heavy atom. The minimum Gasteiger partial charge on any atom is -0.460 e. The molecule has 1 aliphatic heterocycles. The van der Waals surface area contributed by atoms with Gasteiger partial charge in [-0.15, -0.1) is 0 Å². The molecule has 214 valence electrons. The lowest BCUT2D eigenvalue weighted by Gasteiger charge is -2.44. The Kier molecular flexibility index (Phi) is 9.38. The summed E-state index contributed by atoms with van der Waals surface area (Å²) in [5.74, 6) is -0.311. The lowest BCUT2D eigenvalue weighted by molar-refractivity contribution is -0.156. The lowest BCUT2D eigenvalue weighted by atomic mass is 10.1. The second kappa shape index (κ2) is 11.8. The Morgan fingerprint density at radius 3 is 1.64 bits per heavy atom. The van der Waals surface area contributed by atoms with E-state index in [4.69, 9.17) is 13.9 Å². The number of rotatable bonds is 7. The number of carbonyl (C=O) groups excluding carboxylic acids is 2. The number of carbonyl (C=O) groups is 2. The van der Waals surface area contributed by atoms with Gasteiger partial charge in [0.25, 0.3) is 8.32 Å². The summed E-state index contributed by atoms with van der Waals surface area (Å²) >= 11 is 0. The van der Waals surface area contributed by atoms with Crippen molar-refractivity contribution in [2.45, 2.75) is 110 Å². The van der Waals surface area contributed by atoms with Crippen molar-refractivity contribution in [1.82, 2.24) is 4.90 Å². The van der Waals surface area contributed by atoms with E-state index in [0.29, 0.717) is 13.0 Å². The Labute approximate surface area is 236 Å². The van der Waals surface area contributed by atoms with E-state index in [-0.39, 0.29) is 29.5 Å². The third-order valence-corrected chi connectivity index (χ3v) is 12.0. The minimum absolute atomic E-state index is 0.131. The minimum atomic E-state index is -2.78. The molecule has 0 radical (unpaired) electrons. The molecule has 7 heteroatoms. The van der Waals surface area contributed by atoms with Gasteiger partial charge in [-0.1, -0.05) is 81.4 Å². The third kappa shape index (κ3) is 7.73. The molecule has 1 fully saturated rings. The molecule has 1 heterocycles. The number of nitrogens with zero attached hydrogens (tertiary/aromatic N) is 1. The van der Waals surface area contributed by atoms with Gasteiger partial charge in [0.15, 0.2) is 0 Å². The van der Waals surface area contributed by atoms with Gasteiger partial charge in [-0.25, -0.2) is 4.79 Å². The Balaban J connectivity index is 1.96. The van der Waals surface area contributed by atoms with Crippen LogP contribution in [-0.4, -0.2) is 55.2 Å². The highest BCUT2D eigenvalue weighted by Gasteiger charge is 2.51. The van der Waals surface area contributed by atoms with Gasteiger partial charge >= 0.3 is 12.1 Å². The average molecular weight is 554 g/mol. The summed E-state index contributed by atoms with van der Waals surface area (Å²) in [4.78, 5) is 28.0. The number of esters is 1. The maximum atomic E-state index is 13.5. The fourth-order valence-corrected chi connectivity index (χ4v) is 10.1. The van der Waals surface area contributed by atoms with E-state index < -0.39 is 25.6 Å². The van der Waals surface area contributed by atoms with E-state index in [2.05, 4.69) is 69.3 Å². The molecule has 6 nitrogen and oxygen atoms in total. The van der Waals surface area contributed by atoms with Crippen molar-refractivity contribution in [1.29, 1.82) is 0 Å². The highest BCUT2D eigenvalue weighted by molar-refractivity contribution is 6.99. The molecule has 2 atom stereocenters. The van der Waals surface area contributed by atoms with Crippen LogP contribution in [0.2, 0.25) is 5.04 Å². The van der Waals surface area contributed by atoms with Gasteiger partial charge in [0.2, 0.25) is 0 Å². The van der Waals surface area contributed by atoms with Gasteiger partial charge in [-0.3, -0.25) is 9.69 Å². The highest BCUT2D eigenvalue weighted by Crippen LogP contribution is 2.38. The summed E-state index contributed by atoms with van der Waals surface area (Å²) in [5, 5.41) is 2.20. The normalized spacial score (nSPS) is 18.6. The van der Waals surface area contributed by atoms with Crippen molar-refractivity contribution in [3.8, 4) is 0 Å². The van der Waals surface area contributed by atoms with Gasteiger partial charge in [0, 0.05) is 6.04 Å². The zero-order chi connectivity index (χ0) is 29.1. The number of ether oxygens (including phenoxy) is 2. The molecule has 39 heavy (non-hydrogen) atoms. The van der Waals surface area contributed by atoms with Crippen molar-refractivity contribution >= 4 is 30.8 Å². The summed E-state index contributed by atoms with van der Waals surface area (Å²) in [7, 11) is -2.78. The zero-order valence-electron chi connectivity index (χ0n) is 25.2. The van der Waals surface area contributed by atoms with E-state index >= 15 is 0 Å². The molecule has 1 aliphatic rings. The largest absolute Gasteiger partial charge is 0.460 e. The van der Waals surface area contributed by atoms with Crippen LogP contribution in [0, 0.1) is 0 Å². The van der Waals surface area contributed by atoms with Crippen LogP contribution in [-0.2, 0) is 18.7 Å². The summed E-state index contributed by atoms with van der Waals surface area (Å²) in [6, 6.07) is 20.4. The molecule has 0 saturated carbocycles. The Hall–Kier alpha value is -2.64. The fraction of sp³-hybridized carbons (Fsp3) is 0.562. The molecule has 0 bridgehead atoms. The van der Waals surface area contributed by atoms with Crippen molar-refractivity contribution < 1.29 is 23.5 Å². The van der Waals surface area contributed by atoms with Gasteiger partial charge < -0.3 is 13.9 Å². The molecular formula is C32H47NO5Si. The van der Waals surface area contributed by atoms with E-state index in [1.54, 1.807) is 4.90 Å². The SMILES string of the molecule is CC(C)(C)OC(=O)C[C@H]1CC[C@H](CO[Si](c2ccccc2)(c2ccccc2)C(C)(C)C)N1C(=O)OC(C)(C)C. The molecule has 2 aromatic rings. The van der Waals surface area contributed by atoms with Crippen LogP contribution in [0.5, 0.6) is 0 Å². The van der Waals surface area contributed by atoms with Crippen molar-refractivity contribution in [2.24, 2.45) is 0 Å². The van der Waals surface area contributed by atoms with Crippen molar-refractivity contribution in [3.63, 3.8) is 0 Å². The van der Waals surface area contributed by atoms with Crippen LogP contribution < -0.4 is 10.4 Å². The summed E-state index contributed by atoms with van der Waals surface area (Å²) in [5.41, 5.74) is -1.24. The third-order valence-electron chi connectivity index (χ3n) is 6.96. The fourth-order valence-electron chi connectivity index (χ4n) is 5.50. The smallest absolute Gasteiger partial charge is 0.410 e. The van der Waals surface area contributed by atoms with Gasteiger partial charge in [0.1, 0.15) is 11.2 Å². The number of hydrogen-bond donors (Lipinski definition) is 0. The molecule has 0 spiro atoms. The first-order chi connectivity index (χ1) is 18.0. The molecule has 1 amide bonds. The number of hydrogen-bond acceptors (Lipinski definition) is 5. The van der Waals surface area contributed by atoms with Crippen molar-refractivity contribution in [3.05, 3.63) is 60.7 Å². The molecule has 0 aromatic heterocycles. The summed E-state index contributed by atoms with van der Waals surface area (Å²) in [6.45, 7) is 18.2. The van der Waals surface area contributed by atoms with E-state index in [9.17, 15) is 9.59 Å². The molecule has 0 N–H and O–H groups in total. The van der Waals surface area contributed by atoms with Crippen LogP contribution in [0.1, 0.15) is 81.6 Å². The predicted molar refractivity (Wildman–Crippen MR) is 159 cm³/mol. The molecule has 1 saturated heterocycles. The van der Waals surface area contributed by atoms with Gasteiger partial charge in [-0.05, 0) is 69.8 Å². The quantitative estimate of drug-likeness (QED) is 0.308. The monoisotopic (exact) mass is 553 g/mol. The molecule has 0 aliphatic carbocycles. The predicted octanol–water partition coefficient (Wildman–Crippen LogP) is 6.06. The topological polar surface area (TPSA) is 65.1 Å². The first-order valence-corrected chi connectivity index (χ1v) is 15.9. The number of likely N-dealkylation sites (tertiary alicyclic amines) is 1. The van der Waals surface area contributed by atoms with Crippen LogP contribution in [0.25, 0.3) is 0 Å². The molecular weight excluding hydrogens is 506 g/mol. The van der Waals surface area contributed by atoms with Crippen LogP contribution in [0.15, 0.2) is 60.7 Å². The van der Waals surface area contributed by atoms with Crippen LogP contribution >= 0.6 is 0 Å². The van der Waals surface area contributed by atoms with Crippen LogP contribution in [0.3, 0.4) is 0 Å². The Bertz CT molecular complexity index is 1060. The van der Waals surface area contributed by atoms with E-state index in [1.165, 1.54) is 10.4 Å². The first-order valence-electron chi connectivity index (χ1n) is 14.0. The number of benzene rings is 2. The van der Waals surface area contributed by atoms with Crippen molar-refractivity contribution in [2.75, 3.05) is 6.61 Å². The summed E-state index contributed by atoms with van der Waals surface area (Å²) in [6.07, 6.45) is 1.13. The number of amides is 1. The molecule has 0 unspecified atom stereocenters. The molecule has 2 aromatic carbocycles.